The van der Waals surface area contributed by atoms with E-state index in [9.17, 15) is 0 Å². The first-order chi connectivity index (χ1) is 8.65. The molecule has 2 N–H and O–H groups in total. The van der Waals surface area contributed by atoms with E-state index in [1.54, 1.807) is 6.07 Å². The standard InChI is InChI=1S/C13H15Cl2N3/c14-9-6-11-12(7-10(9)15)18(13(16)17-11)5-1-2-8-3-4-8/h6-8H,1-5H2,(H2,16,17). The van der Waals surface area contributed by atoms with Crippen molar-refractivity contribution in [2.45, 2.75) is 32.2 Å². The lowest BCUT2D eigenvalue weighted by Crippen LogP contribution is -2.03. The molecule has 1 aliphatic rings. The second-order valence-electron chi connectivity index (χ2n) is 4.96. The van der Waals surface area contributed by atoms with E-state index in [0.29, 0.717) is 16.0 Å². The van der Waals surface area contributed by atoms with Crippen molar-refractivity contribution in [1.29, 1.82) is 0 Å². The monoisotopic (exact) mass is 283 g/mol. The molecule has 3 rings (SSSR count). The van der Waals surface area contributed by atoms with Crippen molar-refractivity contribution in [3.8, 4) is 0 Å². The molecule has 0 spiro atoms. The fourth-order valence-corrected chi connectivity index (χ4v) is 2.63. The van der Waals surface area contributed by atoms with Crippen LogP contribution in [0.2, 0.25) is 10.0 Å². The number of fused-ring (bicyclic) bond motifs is 1. The summed E-state index contributed by atoms with van der Waals surface area (Å²) in [6.07, 6.45) is 5.20. The van der Waals surface area contributed by atoms with Gasteiger partial charge in [0, 0.05) is 6.54 Å². The topological polar surface area (TPSA) is 43.8 Å². The van der Waals surface area contributed by atoms with Gasteiger partial charge in [-0.05, 0) is 30.9 Å². The number of rotatable bonds is 4. The fraction of sp³-hybridized carbons (Fsp3) is 0.462. The molecule has 1 aromatic carbocycles. The van der Waals surface area contributed by atoms with Crippen LogP contribution in [0.4, 0.5) is 5.95 Å². The Morgan fingerprint density at radius 1 is 1.28 bits per heavy atom. The number of anilines is 1. The van der Waals surface area contributed by atoms with Gasteiger partial charge in [-0.2, -0.15) is 0 Å². The van der Waals surface area contributed by atoms with Gasteiger partial charge in [-0.3, -0.25) is 0 Å². The summed E-state index contributed by atoms with van der Waals surface area (Å²) in [6.45, 7) is 0.900. The number of nitrogens with two attached hydrogens (primary N) is 1. The van der Waals surface area contributed by atoms with Crippen molar-refractivity contribution < 1.29 is 0 Å². The van der Waals surface area contributed by atoms with Gasteiger partial charge in [0.05, 0.1) is 21.1 Å². The maximum Gasteiger partial charge on any atom is 0.201 e. The predicted octanol–water partition coefficient (Wildman–Crippen LogP) is 4.12. The van der Waals surface area contributed by atoms with Crippen LogP contribution in [0.25, 0.3) is 11.0 Å². The second-order valence-corrected chi connectivity index (χ2v) is 5.78. The van der Waals surface area contributed by atoms with Gasteiger partial charge in [-0.1, -0.05) is 36.0 Å². The molecule has 0 unspecified atom stereocenters. The molecule has 18 heavy (non-hydrogen) atoms. The van der Waals surface area contributed by atoms with E-state index < -0.39 is 0 Å². The van der Waals surface area contributed by atoms with Gasteiger partial charge in [-0.25, -0.2) is 4.98 Å². The van der Waals surface area contributed by atoms with Crippen molar-refractivity contribution in [2.24, 2.45) is 5.92 Å². The van der Waals surface area contributed by atoms with E-state index in [1.165, 1.54) is 19.3 Å². The third kappa shape index (κ3) is 2.29. The van der Waals surface area contributed by atoms with E-state index in [2.05, 4.69) is 4.98 Å². The first-order valence-corrected chi connectivity index (χ1v) is 7.01. The Morgan fingerprint density at radius 3 is 2.72 bits per heavy atom. The summed E-state index contributed by atoms with van der Waals surface area (Å²) in [5, 5.41) is 1.07. The largest absolute Gasteiger partial charge is 0.369 e. The van der Waals surface area contributed by atoms with Gasteiger partial charge in [0.15, 0.2) is 0 Å². The van der Waals surface area contributed by atoms with Crippen molar-refractivity contribution >= 4 is 40.2 Å². The first kappa shape index (κ1) is 12.1. The maximum atomic E-state index is 6.05. The van der Waals surface area contributed by atoms with E-state index in [-0.39, 0.29) is 0 Å². The number of hydrogen-bond acceptors (Lipinski definition) is 2. The molecule has 3 nitrogen and oxygen atoms in total. The minimum atomic E-state index is 0.520. The highest BCUT2D eigenvalue weighted by Crippen LogP contribution is 2.34. The van der Waals surface area contributed by atoms with Crippen LogP contribution in [0.1, 0.15) is 25.7 Å². The lowest BCUT2D eigenvalue weighted by molar-refractivity contribution is 0.590. The Bertz CT molecular complexity index is 587. The van der Waals surface area contributed by atoms with Gasteiger partial charge in [0.2, 0.25) is 5.95 Å². The quantitative estimate of drug-likeness (QED) is 0.918. The average molecular weight is 284 g/mol. The van der Waals surface area contributed by atoms with Crippen LogP contribution in [0.3, 0.4) is 0 Å². The molecule has 1 aromatic heterocycles. The zero-order chi connectivity index (χ0) is 12.7. The average Bonchev–Trinajstić information content (AvgIpc) is 3.09. The third-order valence-electron chi connectivity index (χ3n) is 3.51. The highest BCUT2D eigenvalue weighted by atomic mass is 35.5. The maximum absolute atomic E-state index is 6.05. The van der Waals surface area contributed by atoms with E-state index in [1.807, 2.05) is 10.6 Å². The number of nitrogen functional groups attached to an aromatic ring is 1. The summed E-state index contributed by atoms with van der Waals surface area (Å²) in [5.74, 6) is 1.48. The first-order valence-electron chi connectivity index (χ1n) is 6.26. The fourth-order valence-electron chi connectivity index (χ4n) is 2.32. The SMILES string of the molecule is Nc1nc2cc(Cl)c(Cl)cc2n1CCCC1CC1. The van der Waals surface area contributed by atoms with Crippen LogP contribution in [-0.2, 0) is 6.54 Å². The molecule has 5 heteroatoms. The molecule has 2 aromatic rings. The molecular formula is C13H15Cl2N3. The van der Waals surface area contributed by atoms with Crippen molar-refractivity contribution in [1.82, 2.24) is 9.55 Å². The zero-order valence-corrected chi connectivity index (χ0v) is 11.5. The van der Waals surface area contributed by atoms with E-state index in [4.69, 9.17) is 28.9 Å². The molecule has 96 valence electrons. The Hall–Kier alpha value is -0.930. The Kier molecular flexibility index (Phi) is 3.12. The Morgan fingerprint density at radius 2 is 2.00 bits per heavy atom. The van der Waals surface area contributed by atoms with Gasteiger partial charge in [-0.15, -0.1) is 0 Å². The van der Waals surface area contributed by atoms with E-state index in [0.717, 1.165) is 29.9 Å². The molecule has 0 atom stereocenters. The molecular weight excluding hydrogens is 269 g/mol. The highest BCUT2D eigenvalue weighted by Gasteiger charge is 2.20. The van der Waals surface area contributed by atoms with Crippen LogP contribution in [0.5, 0.6) is 0 Å². The zero-order valence-electron chi connectivity index (χ0n) is 10.00. The minimum absolute atomic E-state index is 0.520. The molecule has 1 fully saturated rings. The Balaban J connectivity index is 1.88. The summed E-state index contributed by atoms with van der Waals surface area (Å²) in [4.78, 5) is 4.33. The minimum Gasteiger partial charge on any atom is -0.369 e. The summed E-state index contributed by atoms with van der Waals surface area (Å²) in [7, 11) is 0. The molecule has 0 amide bonds. The third-order valence-corrected chi connectivity index (χ3v) is 4.23. The molecule has 1 saturated carbocycles. The van der Waals surface area contributed by atoms with Gasteiger partial charge >= 0.3 is 0 Å². The lowest BCUT2D eigenvalue weighted by Gasteiger charge is -2.06. The number of halogens is 2. The van der Waals surface area contributed by atoms with Crippen LogP contribution in [0, 0.1) is 5.92 Å². The number of nitrogens with zero attached hydrogens (tertiary/aromatic N) is 2. The van der Waals surface area contributed by atoms with Crippen LogP contribution < -0.4 is 5.73 Å². The lowest BCUT2D eigenvalue weighted by atomic mass is 10.2. The molecule has 0 aliphatic heterocycles. The summed E-state index contributed by atoms with van der Waals surface area (Å²) in [6, 6.07) is 3.62. The van der Waals surface area contributed by atoms with Crippen molar-refractivity contribution in [3.05, 3.63) is 22.2 Å². The van der Waals surface area contributed by atoms with Crippen LogP contribution >= 0.6 is 23.2 Å². The summed E-state index contributed by atoms with van der Waals surface area (Å²) >= 11 is 12.0. The molecule has 0 saturated heterocycles. The number of hydrogen-bond donors (Lipinski definition) is 1. The van der Waals surface area contributed by atoms with Gasteiger partial charge in [0.25, 0.3) is 0 Å². The highest BCUT2D eigenvalue weighted by molar-refractivity contribution is 6.42. The second kappa shape index (κ2) is 4.63. The van der Waals surface area contributed by atoms with Crippen LogP contribution in [-0.4, -0.2) is 9.55 Å². The summed E-state index contributed by atoms with van der Waals surface area (Å²) < 4.78 is 2.03. The summed E-state index contributed by atoms with van der Waals surface area (Å²) in [5.41, 5.74) is 7.74. The van der Waals surface area contributed by atoms with Gasteiger partial charge in [0.1, 0.15) is 0 Å². The number of aromatic nitrogens is 2. The van der Waals surface area contributed by atoms with Gasteiger partial charge < -0.3 is 10.3 Å². The van der Waals surface area contributed by atoms with E-state index >= 15 is 0 Å². The van der Waals surface area contributed by atoms with Crippen molar-refractivity contribution in [2.75, 3.05) is 5.73 Å². The number of imidazole rings is 1. The molecule has 0 radical (unpaired) electrons. The smallest absolute Gasteiger partial charge is 0.201 e. The molecule has 0 bridgehead atoms. The van der Waals surface area contributed by atoms with Crippen LogP contribution in [0.15, 0.2) is 12.1 Å². The number of aryl methyl sites for hydroxylation is 1. The molecule has 1 aliphatic carbocycles. The Labute approximate surface area is 116 Å². The van der Waals surface area contributed by atoms with Crippen molar-refractivity contribution in [3.63, 3.8) is 0 Å². The number of benzene rings is 1. The normalized spacial score (nSPS) is 15.4. The molecule has 1 heterocycles. The predicted molar refractivity (Wildman–Crippen MR) is 76.1 cm³/mol.